The molecule has 0 atom stereocenters. The summed E-state index contributed by atoms with van der Waals surface area (Å²) in [6.45, 7) is 9.15. The van der Waals surface area contributed by atoms with Gasteiger partial charge < -0.3 is 15.1 Å². The Bertz CT molecular complexity index is 257. The first kappa shape index (κ1) is 12.7. The molecule has 2 rings (SSSR count). The zero-order valence-corrected chi connectivity index (χ0v) is 11.1. The average molecular weight is 239 g/mol. The third-order valence-electron chi connectivity index (χ3n) is 3.97. The minimum Gasteiger partial charge on any atom is -0.325 e. The normalized spacial score (nSPS) is 22.4. The summed E-state index contributed by atoms with van der Waals surface area (Å²) in [4.78, 5) is 16.6. The van der Waals surface area contributed by atoms with Crippen molar-refractivity contribution in [1.82, 2.24) is 15.1 Å². The predicted octanol–water partition coefficient (Wildman–Crippen LogP) is 1.52. The third-order valence-corrected chi connectivity index (χ3v) is 3.97. The largest absolute Gasteiger partial charge is 0.325 e. The van der Waals surface area contributed by atoms with Crippen LogP contribution in [0, 0.1) is 5.92 Å². The highest BCUT2D eigenvalue weighted by atomic mass is 16.2. The van der Waals surface area contributed by atoms with E-state index in [1.54, 1.807) is 0 Å². The van der Waals surface area contributed by atoms with Gasteiger partial charge in [0.15, 0.2) is 0 Å². The van der Waals surface area contributed by atoms with Gasteiger partial charge >= 0.3 is 6.03 Å². The molecule has 0 aromatic carbocycles. The molecule has 0 radical (unpaired) electrons. The molecule has 4 nitrogen and oxygen atoms in total. The number of hydrogen-bond donors (Lipinski definition) is 1. The molecule has 0 aromatic heterocycles. The quantitative estimate of drug-likeness (QED) is 0.810. The Labute approximate surface area is 104 Å². The summed E-state index contributed by atoms with van der Waals surface area (Å²) < 4.78 is 0. The van der Waals surface area contributed by atoms with Crippen molar-refractivity contribution in [2.45, 2.75) is 39.2 Å². The average Bonchev–Trinajstić information content (AvgIpc) is 2.26. The lowest BCUT2D eigenvalue weighted by atomic mass is 9.99. The Morgan fingerprint density at radius 3 is 2.47 bits per heavy atom. The van der Waals surface area contributed by atoms with E-state index >= 15 is 0 Å². The summed E-state index contributed by atoms with van der Waals surface area (Å²) in [6.07, 6.45) is 3.37. The molecule has 2 heterocycles. The summed E-state index contributed by atoms with van der Waals surface area (Å²) in [7, 11) is 0. The first-order chi connectivity index (χ1) is 8.22. The van der Waals surface area contributed by atoms with E-state index in [1.807, 2.05) is 4.90 Å². The van der Waals surface area contributed by atoms with Gasteiger partial charge in [0.2, 0.25) is 0 Å². The SMILES string of the molecule is CCCN(C(=O)N1CCC(C)CC1)C1CNC1. The van der Waals surface area contributed by atoms with Crippen molar-refractivity contribution in [2.24, 2.45) is 5.92 Å². The molecule has 17 heavy (non-hydrogen) atoms. The maximum Gasteiger partial charge on any atom is 0.320 e. The van der Waals surface area contributed by atoms with Crippen molar-refractivity contribution < 1.29 is 4.79 Å². The lowest BCUT2D eigenvalue weighted by Crippen LogP contribution is -2.61. The van der Waals surface area contributed by atoms with Gasteiger partial charge in [-0.15, -0.1) is 0 Å². The highest BCUT2D eigenvalue weighted by Gasteiger charge is 2.31. The first-order valence-corrected chi connectivity index (χ1v) is 6.98. The van der Waals surface area contributed by atoms with E-state index in [1.165, 1.54) is 0 Å². The van der Waals surface area contributed by atoms with Gasteiger partial charge in [0.1, 0.15) is 0 Å². The van der Waals surface area contributed by atoms with E-state index in [2.05, 4.69) is 24.1 Å². The topological polar surface area (TPSA) is 35.6 Å². The van der Waals surface area contributed by atoms with Crippen molar-refractivity contribution in [3.05, 3.63) is 0 Å². The Hall–Kier alpha value is -0.770. The second-order valence-corrected chi connectivity index (χ2v) is 5.46. The van der Waals surface area contributed by atoms with Crippen LogP contribution in [0.25, 0.3) is 0 Å². The van der Waals surface area contributed by atoms with Crippen molar-refractivity contribution in [3.63, 3.8) is 0 Å². The molecule has 0 saturated carbocycles. The summed E-state index contributed by atoms with van der Waals surface area (Å²) >= 11 is 0. The van der Waals surface area contributed by atoms with Gasteiger partial charge in [-0.2, -0.15) is 0 Å². The second kappa shape index (κ2) is 5.71. The summed E-state index contributed by atoms with van der Waals surface area (Å²) in [5.41, 5.74) is 0. The second-order valence-electron chi connectivity index (χ2n) is 5.46. The molecule has 98 valence electrons. The monoisotopic (exact) mass is 239 g/mol. The fourth-order valence-corrected chi connectivity index (χ4v) is 2.55. The fraction of sp³-hybridized carbons (Fsp3) is 0.923. The van der Waals surface area contributed by atoms with Crippen LogP contribution in [0.5, 0.6) is 0 Å². The highest BCUT2D eigenvalue weighted by Crippen LogP contribution is 2.19. The van der Waals surface area contributed by atoms with Crippen molar-refractivity contribution >= 4 is 6.03 Å². The van der Waals surface area contributed by atoms with Crippen molar-refractivity contribution in [1.29, 1.82) is 0 Å². The molecule has 0 aromatic rings. The number of carbonyl (C=O) groups is 1. The van der Waals surface area contributed by atoms with Crippen LogP contribution in [0.1, 0.15) is 33.1 Å². The van der Waals surface area contributed by atoms with E-state index in [0.29, 0.717) is 6.04 Å². The van der Waals surface area contributed by atoms with Gasteiger partial charge in [-0.3, -0.25) is 0 Å². The minimum atomic E-state index is 0.269. The molecule has 2 aliphatic heterocycles. The molecule has 0 aliphatic carbocycles. The Kier molecular flexibility index (Phi) is 4.26. The summed E-state index contributed by atoms with van der Waals surface area (Å²) in [6, 6.07) is 0.701. The maximum atomic E-state index is 12.5. The molecule has 0 unspecified atom stereocenters. The van der Waals surface area contributed by atoms with Crippen LogP contribution in [0.2, 0.25) is 0 Å². The van der Waals surface area contributed by atoms with E-state index in [4.69, 9.17) is 0 Å². The molecular weight excluding hydrogens is 214 g/mol. The van der Waals surface area contributed by atoms with Crippen LogP contribution in [0.15, 0.2) is 0 Å². The minimum absolute atomic E-state index is 0.269. The number of hydrogen-bond acceptors (Lipinski definition) is 2. The van der Waals surface area contributed by atoms with Crippen LogP contribution < -0.4 is 5.32 Å². The summed E-state index contributed by atoms with van der Waals surface area (Å²) in [5, 5.41) is 3.25. The van der Waals surface area contributed by atoms with Gasteiger partial charge in [-0.25, -0.2) is 4.79 Å². The van der Waals surface area contributed by atoms with Gasteiger partial charge in [-0.1, -0.05) is 13.8 Å². The number of urea groups is 1. The van der Waals surface area contributed by atoms with E-state index in [-0.39, 0.29) is 6.03 Å². The van der Waals surface area contributed by atoms with Gasteiger partial charge in [0.05, 0.1) is 6.04 Å². The van der Waals surface area contributed by atoms with Crippen LogP contribution in [-0.4, -0.2) is 54.6 Å². The molecular formula is C13H25N3O. The van der Waals surface area contributed by atoms with E-state index < -0.39 is 0 Å². The molecule has 4 heteroatoms. The third kappa shape index (κ3) is 2.92. The lowest BCUT2D eigenvalue weighted by Gasteiger charge is -2.42. The zero-order valence-electron chi connectivity index (χ0n) is 11.1. The Morgan fingerprint density at radius 2 is 2.00 bits per heavy atom. The lowest BCUT2D eigenvalue weighted by molar-refractivity contribution is 0.103. The van der Waals surface area contributed by atoms with E-state index in [9.17, 15) is 4.79 Å². The zero-order chi connectivity index (χ0) is 12.3. The van der Waals surface area contributed by atoms with Crippen molar-refractivity contribution in [3.8, 4) is 0 Å². The number of likely N-dealkylation sites (tertiary alicyclic amines) is 1. The molecule has 2 saturated heterocycles. The molecule has 0 bridgehead atoms. The van der Waals surface area contributed by atoms with Gasteiger partial charge in [0.25, 0.3) is 0 Å². The number of carbonyl (C=O) groups excluding carboxylic acids is 1. The summed E-state index contributed by atoms with van der Waals surface area (Å²) in [5.74, 6) is 0.782. The fourth-order valence-electron chi connectivity index (χ4n) is 2.55. The smallest absolute Gasteiger partial charge is 0.320 e. The molecule has 1 N–H and O–H groups in total. The van der Waals surface area contributed by atoms with E-state index in [0.717, 1.165) is 57.9 Å². The number of piperidine rings is 1. The first-order valence-electron chi connectivity index (χ1n) is 6.98. The molecule has 0 spiro atoms. The van der Waals surface area contributed by atoms with Crippen LogP contribution in [0.4, 0.5) is 4.79 Å². The van der Waals surface area contributed by atoms with Crippen LogP contribution in [-0.2, 0) is 0 Å². The van der Waals surface area contributed by atoms with Crippen LogP contribution in [0.3, 0.4) is 0 Å². The molecule has 2 amide bonds. The Morgan fingerprint density at radius 1 is 1.35 bits per heavy atom. The number of amides is 2. The number of nitrogens with one attached hydrogen (secondary N) is 1. The maximum absolute atomic E-state index is 12.5. The molecule has 2 aliphatic rings. The Balaban J connectivity index is 1.90. The molecule has 2 fully saturated rings. The number of nitrogens with zero attached hydrogens (tertiary/aromatic N) is 2. The predicted molar refractivity (Wildman–Crippen MR) is 69.0 cm³/mol. The number of rotatable bonds is 3. The standard InChI is InChI=1S/C13H25N3O/c1-3-6-16(12-9-14-10-12)13(17)15-7-4-11(2)5-8-15/h11-12,14H,3-10H2,1-2H3. The highest BCUT2D eigenvalue weighted by molar-refractivity contribution is 5.75. The van der Waals surface area contributed by atoms with Crippen LogP contribution >= 0.6 is 0 Å². The van der Waals surface area contributed by atoms with Gasteiger partial charge in [0, 0.05) is 32.7 Å². The van der Waals surface area contributed by atoms with Gasteiger partial charge in [-0.05, 0) is 25.2 Å². The van der Waals surface area contributed by atoms with Crippen molar-refractivity contribution in [2.75, 3.05) is 32.7 Å².